The summed E-state index contributed by atoms with van der Waals surface area (Å²) in [6, 6.07) is 12.9. The SMILES string of the molecule is COc1ccc(NC(=O)[C@H](CCCCN)NC(=O)c2cc(NC(=O)[C@H](CCCCC(N)=O)NC(=O)c3cc(NC(=O)[C@H](CCCCN)NC(=O)c4cc(NC(=O)[C@@H](N)CCCCN)ccc4OC)ccc3OC)ccc2OC)cc1C(N)=O. The van der Waals surface area contributed by atoms with Crippen molar-refractivity contribution in [3.8, 4) is 23.0 Å². The van der Waals surface area contributed by atoms with Gasteiger partial charge in [0.15, 0.2) is 0 Å². The highest BCUT2D eigenvalue weighted by atomic mass is 16.5. The van der Waals surface area contributed by atoms with E-state index in [2.05, 4.69) is 37.2 Å². The van der Waals surface area contributed by atoms with Gasteiger partial charge in [0.05, 0.1) is 56.7 Å². The van der Waals surface area contributed by atoms with Gasteiger partial charge in [-0.25, -0.2) is 0 Å². The van der Waals surface area contributed by atoms with Gasteiger partial charge in [0.25, 0.3) is 23.6 Å². The third-order valence-electron chi connectivity index (χ3n) is 13.1. The fraction of sp³-hybridized carbons (Fsp3) is 0.421. The van der Waals surface area contributed by atoms with Crippen LogP contribution in [0.5, 0.6) is 23.0 Å². The minimum Gasteiger partial charge on any atom is -0.496 e. The van der Waals surface area contributed by atoms with Crippen LogP contribution in [0.1, 0.15) is 125 Å². The van der Waals surface area contributed by atoms with Crippen LogP contribution < -0.4 is 90.6 Å². The quantitative estimate of drug-likeness (QED) is 0.0291. The number of primary amides is 2. The largest absolute Gasteiger partial charge is 0.496 e. The van der Waals surface area contributed by atoms with E-state index in [4.69, 9.17) is 53.3 Å². The number of methoxy groups -OCH3 is 4. The Labute approximate surface area is 481 Å². The molecule has 0 bridgehead atoms. The van der Waals surface area contributed by atoms with Crippen molar-refractivity contribution in [2.24, 2.45) is 34.4 Å². The van der Waals surface area contributed by atoms with Crippen molar-refractivity contribution in [3.05, 3.63) is 95.1 Å². The zero-order valence-electron chi connectivity index (χ0n) is 47.3. The van der Waals surface area contributed by atoms with E-state index >= 15 is 0 Å². The van der Waals surface area contributed by atoms with E-state index in [-0.39, 0.29) is 107 Å². The molecular formula is C57H79N13O13. The number of ether oxygens (including phenoxy) is 4. The molecule has 0 aliphatic rings. The van der Waals surface area contributed by atoms with Crippen molar-refractivity contribution in [2.45, 2.75) is 108 Å². The molecule has 26 heteroatoms. The number of unbranched alkanes of at least 4 members (excludes halogenated alkanes) is 4. The number of hydrogen-bond donors (Lipinski definition) is 13. The third kappa shape index (κ3) is 20.9. The highest BCUT2D eigenvalue weighted by Gasteiger charge is 2.29. The molecule has 0 aliphatic heterocycles. The summed E-state index contributed by atoms with van der Waals surface area (Å²) < 4.78 is 21.7. The predicted octanol–water partition coefficient (Wildman–Crippen LogP) is 2.73. The monoisotopic (exact) mass is 1150 g/mol. The molecule has 19 N–H and O–H groups in total. The molecule has 4 rings (SSSR count). The first-order chi connectivity index (χ1) is 39.8. The smallest absolute Gasteiger partial charge is 0.255 e. The lowest BCUT2D eigenvalue weighted by Crippen LogP contribution is -2.44. The van der Waals surface area contributed by atoms with Crippen LogP contribution in [0.15, 0.2) is 72.8 Å². The van der Waals surface area contributed by atoms with Crippen LogP contribution >= 0.6 is 0 Å². The van der Waals surface area contributed by atoms with Gasteiger partial charge in [-0.15, -0.1) is 0 Å². The van der Waals surface area contributed by atoms with Crippen molar-refractivity contribution in [1.29, 1.82) is 0 Å². The van der Waals surface area contributed by atoms with E-state index in [1.165, 1.54) is 95.2 Å². The van der Waals surface area contributed by atoms with Gasteiger partial charge < -0.3 is 90.6 Å². The number of anilines is 4. The normalized spacial score (nSPS) is 12.2. The molecule has 0 unspecified atom stereocenters. The summed E-state index contributed by atoms with van der Waals surface area (Å²) in [5.41, 5.74) is 34.6. The number of nitrogens with two attached hydrogens (primary N) is 6. The van der Waals surface area contributed by atoms with Crippen LogP contribution in [-0.2, 0) is 24.0 Å². The first kappa shape index (κ1) is 66.7. The van der Waals surface area contributed by atoms with Gasteiger partial charge in [0.1, 0.15) is 41.1 Å². The standard InChI is InChI=1S/C57H79N13O13/c1-80-45-22-18-33(29-37(45)50(63)72)65-56(78)43(15-8-11-27-59)69-53(75)40-31-35(20-24-48(40)83-4)66-55(77)42(14-5-6-17-49(62)71)68-52(74)39-32-36(21-25-47(39)82-3)67-57(79)44(16-9-12-28-60)70-51(73)38-30-34(19-23-46(38)81-2)64-54(76)41(61)13-7-10-26-58/h18-25,29-32,41-44H,5-17,26-28,58-61H2,1-4H3,(H2,62,71)(H2,63,72)(H,64,76)(H,65,78)(H,66,77)(H,67,79)(H,68,74)(H,69,75)(H,70,73)/t41-,42-,43-,44-/m0/s1. The average molecular weight is 1150 g/mol. The molecule has 450 valence electrons. The Morgan fingerprint density at radius 1 is 0.398 bits per heavy atom. The molecule has 4 atom stereocenters. The fourth-order valence-electron chi connectivity index (χ4n) is 8.58. The predicted molar refractivity (Wildman–Crippen MR) is 313 cm³/mol. The molecular weight excluding hydrogens is 1070 g/mol. The van der Waals surface area contributed by atoms with Crippen LogP contribution in [0.25, 0.3) is 0 Å². The zero-order chi connectivity index (χ0) is 61.0. The molecule has 0 fully saturated rings. The molecule has 0 heterocycles. The van der Waals surface area contributed by atoms with Gasteiger partial charge in [-0.3, -0.25) is 43.2 Å². The minimum atomic E-state index is -1.27. The van der Waals surface area contributed by atoms with Crippen molar-refractivity contribution >= 4 is 75.9 Å². The molecule has 83 heavy (non-hydrogen) atoms. The maximum absolute atomic E-state index is 14.3. The van der Waals surface area contributed by atoms with Crippen LogP contribution in [0.3, 0.4) is 0 Å². The molecule has 26 nitrogen and oxygen atoms in total. The number of carbonyl (C=O) groups excluding carboxylic acids is 9. The second-order valence-corrected chi connectivity index (χ2v) is 19.2. The molecule has 0 spiro atoms. The van der Waals surface area contributed by atoms with E-state index in [0.717, 1.165) is 0 Å². The average Bonchev–Trinajstić information content (AvgIpc) is 3.56. The molecule has 0 saturated carbocycles. The van der Waals surface area contributed by atoms with Crippen molar-refractivity contribution < 1.29 is 62.1 Å². The highest BCUT2D eigenvalue weighted by Crippen LogP contribution is 2.28. The second kappa shape index (κ2) is 34.4. The molecule has 4 aromatic carbocycles. The van der Waals surface area contributed by atoms with E-state index in [1.54, 1.807) is 6.07 Å². The van der Waals surface area contributed by atoms with Gasteiger partial charge in [-0.05, 0) is 157 Å². The van der Waals surface area contributed by atoms with Gasteiger partial charge >= 0.3 is 0 Å². The van der Waals surface area contributed by atoms with Crippen LogP contribution in [0.4, 0.5) is 22.7 Å². The van der Waals surface area contributed by atoms with Gasteiger partial charge in [0, 0.05) is 29.2 Å². The third-order valence-corrected chi connectivity index (χ3v) is 13.1. The molecule has 9 amide bonds. The summed E-state index contributed by atoms with van der Waals surface area (Å²) in [7, 11) is 5.38. The zero-order valence-corrected chi connectivity index (χ0v) is 47.3. The van der Waals surface area contributed by atoms with Crippen LogP contribution in [0.2, 0.25) is 0 Å². The summed E-state index contributed by atoms with van der Waals surface area (Å²) in [4.78, 5) is 121. The summed E-state index contributed by atoms with van der Waals surface area (Å²) in [5.74, 6) is -5.55. The van der Waals surface area contributed by atoms with E-state index in [0.29, 0.717) is 64.6 Å². The molecule has 4 aromatic rings. The second-order valence-electron chi connectivity index (χ2n) is 19.2. The van der Waals surface area contributed by atoms with Gasteiger partial charge in [0.2, 0.25) is 29.5 Å². The molecule has 0 saturated heterocycles. The summed E-state index contributed by atoms with van der Waals surface area (Å²) >= 11 is 0. The topological polar surface area (TPSA) is 431 Å². The lowest BCUT2D eigenvalue weighted by atomic mass is 10.0. The summed E-state index contributed by atoms with van der Waals surface area (Å²) in [6.45, 7) is 1.11. The molecule has 0 aromatic heterocycles. The van der Waals surface area contributed by atoms with Crippen molar-refractivity contribution in [1.82, 2.24) is 16.0 Å². The van der Waals surface area contributed by atoms with Crippen LogP contribution in [-0.4, -0.2) is 125 Å². The Morgan fingerprint density at radius 2 is 0.687 bits per heavy atom. The number of benzene rings is 4. The van der Waals surface area contributed by atoms with Gasteiger partial charge in [-0.2, -0.15) is 0 Å². The number of amides is 9. The van der Waals surface area contributed by atoms with Gasteiger partial charge in [-0.1, -0.05) is 12.8 Å². The van der Waals surface area contributed by atoms with E-state index in [9.17, 15) is 43.2 Å². The Kier molecular flexibility index (Phi) is 27.7. The van der Waals surface area contributed by atoms with Crippen molar-refractivity contribution in [3.63, 3.8) is 0 Å². The minimum absolute atomic E-state index is 0.00577. The molecule has 0 aliphatic carbocycles. The number of carbonyl (C=O) groups is 9. The first-order valence-corrected chi connectivity index (χ1v) is 27.1. The lowest BCUT2D eigenvalue weighted by Gasteiger charge is -2.22. The first-order valence-electron chi connectivity index (χ1n) is 27.1. The van der Waals surface area contributed by atoms with Crippen LogP contribution in [0, 0.1) is 0 Å². The summed E-state index contributed by atoms with van der Waals surface area (Å²) in [6.07, 6.45) is 4.60. The fourth-order valence-corrected chi connectivity index (χ4v) is 8.58. The number of nitrogens with one attached hydrogen (secondary N) is 7. The van der Waals surface area contributed by atoms with Crippen molar-refractivity contribution in [2.75, 3.05) is 69.3 Å². The van der Waals surface area contributed by atoms with E-state index < -0.39 is 77.3 Å². The Hall–Kier alpha value is -8.85. The summed E-state index contributed by atoms with van der Waals surface area (Å²) in [5, 5.41) is 19.2. The maximum atomic E-state index is 14.3. The number of hydrogen-bond acceptors (Lipinski definition) is 17. The Bertz CT molecular complexity index is 2910. The maximum Gasteiger partial charge on any atom is 0.255 e. The highest BCUT2D eigenvalue weighted by molar-refractivity contribution is 6.07. The van der Waals surface area contributed by atoms with E-state index in [1.807, 2.05) is 0 Å². The molecule has 0 radical (unpaired) electrons. The lowest BCUT2D eigenvalue weighted by molar-refractivity contribution is -0.119. The Balaban J connectivity index is 1.58. The number of rotatable bonds is 36. The Morgan fingerprint density at radius 3 is 0.988 bits per heavy atom.